The number of fused-ring (bicyclic) bond motifs is 2. The fourth-order valence-electron chi connectivity index (χ4n) is 3.13. The van der Waals surface area contributed by atoms with E-state index in [0.717, 1.165) is 27.9 Å². The summed E-state index contributed by atoms with van der Waals surface area (Å²) in [7, 11) is 1.53. The van der Waals surface area contributed by atoms with E-state index in [-0.39, 0.29) is 12.2 Å². The van der Waals surface area contributed by atoms with Gasteiger partial charge in [-0.15, -0.1) is 11.3 Å². The number of para-hydroxylation sites is 1. The van der Waals surface area contributed by atoms with Gasteiger partial charge in [0.1, 0.15) is 21.9 Å². The van der Waals surface area contributed by atoms with Gasteiger partial charge in [0.05, 0.1) is 12.0 Å². The monoisotopic (exact) mass is 398 g/mol. The molecule has 0 aliphatic rings. The number of aromatic amines is 1. The van der Waals surface area contributed by atoms with E-state index in [4.69, 9.17) is 13.9 Å². The smallest absolute Gasteiger partial charge is 0.348 e. The number of H-pyrrole nitrogens is 1. The molecule has 4 rings (SSSR count). The van der Waals surface area contributed by atoms with Crippen molar-refractivity contribution in [3.63, 3.8) is 0 Å². The van der Waals surface area contributed by atoms with Crippen molar-refractivity contribution < 1.29 is 18.7 Å². The number of aromatic nitrogens is 2. The van der Waals surface area contributed by atoms with Crippen molar-refractivity contribution >= 4 is 38.5 Å². The van der Waals surface area contributed by atoms with E-state index in [9.17, 15) is 9.59 Å². The Kier molecular flexibility index (Phi) is 4.74. The third-order valence-corrected chi connectivity index (χ3v) is 5.73. The summed E-state index contributed by atoms with van der Waals surface area (Å²) in [4.78, 5) is 33.2. The Morgan fingerprint density at radius 1 is 1.21 bits per heavy atom. The Bertz CT molecular complexity index is 1250. The number of rotatable bonds is 5. The predicted molar refractivity (Wildman–Crippen MR) is 107 cm³/mol. The Balaban J connectivity index is 1.81. The molecule has 1 aromatic carbocycles. The number of nitrogens with zero attached hydrogens (tertiary/aromatic N) is 1. The number of thiophene rings is 1. The second kappa shape index (κ2) is 7.21. The highest BCUT2D eigenvalue weighted by Crippen LogP contribution is 2.33. The fraction of sp³-hybridized carbons (Fsp3) is 0.250. The molecule has 0 atom stereocenters. The number of carbonyl (C=O) groups excluding carboxylic acids is 1. The maximum Gasteiger partial charge on any atom is 0.348 e. The van der Waals surface area contributed by atoms with Crippen LogP contribution in [0.15, 0.2) is 33.5 Å². The van der Waals surface area contributed by atoms with E-state index in [1.807, 2.05) is 31.2 Å². The van der Waals surface area contributed by atoms with Gasteiger partial charge in [0.25, 0.3) is 5.56 Å². The standard InChI is InChI=1S/C20H18N2O5S/c1-10-12-6-4-5-7-13(12)27-15(10)17-21-18(23)14-11(2)16(28-19(14)22-17)20(24)26-9-8-25-3/h4-7H,8-9H2,1-3H3,(H,21,22,23). The number of furan rings is 1. The molecule has 4 aromatic rings. The molecular formula is C20H18N2O5S. The minimum absolute atomic E-state index is 0.149. The van der Waals surface area contributed by atoms with Crippen molar-refractivity contribution in [1.82, 2.24) is 9.97 Å². The number of aryl methyl sites for hydroxylation is 2. The third-order valence-electron chi connectivity index (χ3n) is 4.57. The minimum atomic E-state index is -0.488. The molecule has 7 nitrogen and oxygen atoms in total. The van der Waals surface area contributed by atoms with Crippen LogP contribution in [0.4, 0.5) is 0 Å². The highest BCUT2D eigenvalue weighted by molar-refractivity contribution is 7.20. The number of hydrogen-bond acceptors (Lipinski definition) is 7. The predicted octanol–water partition coefficient (Wildman–Crippen LogP) is 3.82. The quantitative estimate of drug-likeness (QED) is 0.406. The van der Waals surface area contributed by atoms with Crippen LogP contribution in [0.2, 0.25) is 0 Å². The van der Waals surface area contributed by atoms with Gasteiger partial charge in [0.15, 0.2) is 11.6 Å². The van der Waals surface area contributed by atoms with Crippen LogP contribution in [0.25, 0.3) is 32.8 Å². The van der Waals surface area contributed by atoms with Gasteiger partial charge in [-0.3, -0.25) is 4.79 Å². The zero-order chi connectivity index (χ0) is 19.8. The number of hydrogen-bond donors (Lipinski definition) is 1. The molecule has 3 aromatic heterocycles. The summed E-state index contributed by atoms with van der Waals surface area (Å²) < 4.78 is 16.0. The molecule has 0 amide bonds. The second-order valence-electron chi connectivity index (χ2n) is 6.33. The van der Waals surface area contributed by atoms with Crippen LogP contribution in [0, 0.1) is 13.8 Å². The number of benzene rings is 1. The topological polar surface area (TPSA) is 94.4 Å². The number of nitrogens with one attached hydrogen (secondary N) is 1. The lowest BCUT2D eigenvalue weighted by Crippen LogP contribution is -2.11. The maximum atomic E-state index is 12.7. The fourth-order valence-corrected chi connectivity index (χ4v) is 4.21. The molecule has 0 saturated heterocycles. The van der Waals surface area contributed by atoms with Crippen molar-refractivity contribution in [2.45, 2.75) is 13.8 Å². The summed E-state index contributed by atoms with van der Waals surface area (Å²) in [5, 5.41) is 1.35. The first-order valence-corrected chi connectivity index (χ1v) is 9.51. The summed E-state index contributed by atoms with van der Waals surface area (Å²) in [6, 6.07) is 7.64. The first-order valence-electron chi connectivity index (χ1n) is 8.69. The Labute approximate surface area is 163 Å². The van der Waals surface area contributed by atoms with E-state index >= 15 is 0 Å². The van der Waals surface area contributed by atoms with Gasteiger partial charge in [-0.05, 0) is 25.5 Å². The van der Waals surface area contributed by atoms with Crippen molar-refractivity contribution in [3.8, 4) is 11.6 Å². The lowest BCUT2D eigenvalue weighted by atomic mass is 10.1. The zero-order valence-corrected chi connectivity index (χ0v) is 16.4. The van der Waals surface area contributed by atoms with Crippen molar-refractivity contribution in [1.29, 1.82) is 0 Å². The minimum Gasteiger partial charge on any atom is -0.459 e. The Morgan fingerprint density at radius 3 is 2.75 bits per heavy atom. The van der Waals surface area contributed by atoms with Crippen LogP contribution in [0.1, 0.15) is 20.8 Å². The third kappa shape index (κ3) is 3.00. The van der Waals surface area contributed by atoms with Crippen LogP contribution >= 0.6 is 11.3 Å². The normalized spacial score (nSPS) is 11.4. The molecule has 0 fully saturated rings. The van der Waals surface area contributed by atoms with Crippen molar-refractivity contribution in [2.75, 3.05) is 20.3 Å². The van der Waals surface area contributed by atoms with Crippen LogP contribution in [0.3, 0.4) is 0 Å². The summed E-state index contributed by atoms with van der Waals surface area (Å²) >= 11 is 1.14. The largest absolute Gasteiger partial charge is 0.459 e. The van der Waals surface area contributed by atoms with Gasteiger partial charge in [-0.2, -0.15) is 0 Å². The van der Waals surface area contributed by atoms with Gasteiger partial charge in [0, 0.05) is 18.1 Å². The zero-order valence-electron chi connectivity index (χ0n) is 15.6. The average molecular weight is 398 g/mol. The Hall–Kier alpha value is -2.97. The molecule has 0 unspecified atom stereocenters. The van der Waals surface area contributed by atoms with Gasteiger partial charge in [-0.1, -0.05) is 18.2 Å². The SMILES string of the molecule is COCCOC(=O)c1sc2nc(-c3oc4ccccc4c3C)[nH]c(=O)c2c1C. The molecule has 0 radical (unpaired) electrons. The van der Waals surface area contributed by atoms with Gasteiger partial charge < -0.3 is 18.9 Å². The molecule has 28 heavy (non-hydrogen) atoms. The molecule has 0 aliphatic carbocycles. The van der Waals surface area contributed by atoms with Crippen LogP contribution < -0.4 is 5.56 Å². The molecular weight excluding hydrogens is 380 g/mol. The van der Waals surface area contributed by atoms with Crippen molar-refractivity contribution in [3.05, 3.63) is 50.6 Å². The second-order valence-corrected chi connectivity index (χ2v) is 7.33. The van der Waals surface area contributed by atoms with Crippen LogP contribution in [-0.4, -0.2) is 36.3 Å². The lowest BCUT2D eigenvalue weighted by molar-refractivity contribution is 0.0393. The summed E-state index contributed by atoms with van der Waals surface area (Å²) in [5.41, 5.74) is 1.86. The molecule has 0 aliphatic heterocycles. The maximum absolute atomic E-state index is 12.7. The van der Waals surface area contributed by atoms with Crippen LogP contribution in [-0.2, 0) is 9.47 Å². The van der Waals surface area contributed by atoms with E-state index in [1.165, 1.54) is 7.11 Å². The molecule has 144 valence electrons. The van der Waals surface area contributed by atoms with E-state index in [1.54, 1.807) is 6.92 Å². The molecule has 3 heterocycles. The number of methoxy groups -OCH3 is 1. The molecule has 8 heteroatoms. The Morgan fingerprint density at radius 2 is 2.00 bits per heavy atom. The van der Waals surface area contributed by atoms with Gasteiger partial charge >= 0.3 is 5.97 Å². The first kappa shape index (κ1) is 18.4. The summed E-state index contributed by atoms with van der Waals surface area (Å²) in [6.07, 6.45) is 0. The summed E-state index contributed by atoms with van der Waals surface area (Å²) in [5.74, 6) is 0.362. The highest BCUT2D eigenvalue weighted by atomic mass is 32.1. The molecule has 1 N–H and O–H groups in total. The first-order chi connectivity index (χ1) is 13.5. The lowest BCUT2D eigenvalue weighted by Gasteiger charge is -2.02. The van der Waals surface area contributed by atoms with E-state index in [0.29, 0.717) is 38.8 Å². The molecule has 0 bridgehead atoms. The number of ether oxygens (including phenoxy) is 2. The molecule has 0 spiro atoms. The van der Waals surface area contributed by atoms with Crippen LogP contribution in [0.5, 0.6) is 0 Å². The number of carbonyl (C=O) groups is 1. The van der Waals surface area contributed by atoms with Gasteiger partial charge in [0.2, 0.25) is 0 Å². The summed E-state index contributed by atoms with van der Waals surface area (Å²) in [6.45, 7) is 4.10. The van der Waals surface area contributed by atoms with E-state index in [2.05, 4.69) is 9.97 Å². The number of esters is 1. The average Bonchev–Trinajstić information content (AvgIpc) is 3.20. The molecule has 0 saturated carbocycles. The van der Waals surface area contributed by atoms with E-state index < -0.39 is 5.97 Å². The van der Waals surface area contributed by atoms with Crippen molar-refractivity contribution in [2.24, 2.45) is 0 Å². The van der Waals surface area contributed by atoms with Gasteiger partial charge in [-0.25, -0.2) is 9.78 Å². The highest BCUT2D eigenvalue weighted by Gasteiger charge is 2.22.